The average Bonchev–Trinajstić information content (AvgIpc) is 2.59. The summed E-state index contributed by atoms with van der Waals surface area (Å²) in [7, 11) is 5.57. The Morgan fingerprint density at radius 2 is 2.31 bits per heavy atom. The second-order valence-electron chi connectivity index (χ2n) is 3.95. The van der Waals surface area contributed by atoms with E-state index < -0.39 is 0 Å². The lowest BCUT2D eigenvalue weighted by Gasteiger charge is -2.16. The molecule has 1 N–H and O–H groups in total. The van der Waals surface area contributed by atoms with Crippen molar-refractivity contribution in [1.82, 2.24) is 20.0 Å². The molecular formula is C11H20N4O. The van der Waals surface area contributed by atoms with Gasteiger partial charge in [-0.3, -0.25) is 9.48 Å². The van der Waals surface area contributed by atoms with E-state index in [2.05, 4.69) is 10.4 Å². The Hall–Kier alpha value is -1.36. The Labute approximate surface area is 96.4 Å². The van der Waals surface area contributed by atoms with Crippen LogP contribution in [0, 0.1) is 6.92 Å². The summed E-state index contributed by atoms with van der Waals surface area (Å²) in [4.78, 5) is 13.8. The van der Waals surface area contributed by atoms with Gasteiger partial charge in [-0.25, -0.2) is 0 Å². The van der Waals surface area contributed by atoms with E-state index in [9.17, 15) is 4.79 Å². The summed E-state index contributed by atoms with van der Waals surface area (Å²) < 4.78 is 1.72. The summed E-state index contributed by atoms with van der Waals surface area (Å²) in [5.41, 5.74) is 1.60. The molecule has 0 spiro atoms. The minimum Gasteiger partial charge on any atom is -0.342 e. The maximum Gasteiger partial charge on any atom is 0.257 e. The van der Waals surface area contributed by atoms with Gasteiger partial charge in [-0.1, -0.05) is 0 Å². The zero-order valence-corrected chi connectivity index (χ0v) is 10.4. The second kappa shape index (κ2) is 5.65. The number of aryl methyl sites for hydroxylation is 1. The molecule has 0 radical (unpaired) electrons. The molecule has 0 saturated heterocycles. The van der Waals surface area contributed by atoms with Crippen molar-refractivity contribution in [3.05, 3.63) is 17.5 Å². The summed E-state index contributed by atoms with van der Waals surface area (Å²) in [5, 5.41) is 7.14. The first-order valence-corrected chi connectivity index (χ1v) is 5.46. The van der Waals surface area contributed by atoms with Gasteiger partial charge < -0.3 is 10.2 Å². The molecule has 0 aliphatic heterocycles. The second-order valence-corrected chi connectivity index (χ2v) is 3.95. The first-order chi connectivity index (χ1) is 7.57. The standard InChI is InChI=1S/C11H20N4O/c1-9-10(8-13-15(9)4)11(16)14(3)7-5-6-12-2/h8,12H,5-7H2,1-4H3. The highest BCUT2D eigenvalue weighted by molar-refractivity contribution is 5.94. The van der Waals surface area contributed by atoms with Gasteiger partial charge >= 0.3 is 0 Å². The van der Waals surface area contributed by atoms with E-state index in [1.54, 1.807) is 15.8 Å². The van der Waals surface area contributed by atoms with Crippen LogP contribution in [-0.2, 0) is 7.05 Å². The molecule has 16 heavy (non-hydrogen) atoms. The number of hydrogen-bond donors (Lipinski definition) is 1. The van der Waals surface area contributed by atoms with E-state index in [0.29, 0.717) is 5.56 Å². The SMILES string of the molecule is CNCCCN(C)C(=O)c1cnn(C)c1C. The third kappa shape index (κ3) is 2.82. The van der Waals surface area contributed by atoms with E-state index >= 15 is 0 Å². The fourth-order valence-corrected chi connectivity index (χ4v) is 1.51. The van der Waals surface area contributed by atoms with E-state index in [4.69, 9.17) is 0 Å². The van der Waals surface area contributed by atoms with Gasteiger partial charge in [0.2, 0.25) is 0 Å². The lowest BCUT2D eigenvalue weighted by Crippen LogP contribution is -2.29. The topological polar surface area (TPSA) is 50.2 Å². The summed E-state index contributed by atoms with van der Waals surface area (Å²) >= 11 is 0. The lowest BCUT2D eigenvalue weighted by atomic mass is 10.2. The summed E-state index contributed by atoms with van der Waals surface area (Å²) in [5.74, 6) is 0.0432. The van der Waals surface area contributed by atoms with Crippen LogP contribution in [0.2, 0.25) is 0 Å². The molecule has 1 rings (SSSR count). The molecule has 5 nitrogen and oxygen atoms in total. The molecule has 0 aromatic carbocycles. The molecule has 0 fully saturated rings. The number of nitrogens with one attached hydrogen (secondary N) is 1. The molecular weight excluding hydrogens is 204 g/mol. The Bertz CT molecular complexity index is 359. The quantitative estimate of drug-likeness (QED) is 0.737. The first kappa shape index (κ1) is 12.7. The van der Waals surface area contributed by atoms with Crippen LogP contribution >= 0.6 is 0 Å². The van der Waals surface area contributed by atoms with Crippen LogP contribution < -0.4 is 5.32 Å². The molecule has 0 atom stereocenters. The van der Waals surface area contributed by atoms with Crippen LogP contribution in [0.1, 0.15) is 22.5 Å². The van der Waals surface area contributed by atoms with Crippen molar-refractivity contribution in [2.75, 3.05) is 27.2 Å². The van der Waals surface area contributed by atoms with E-state index in [-0.39, 0.29) is 5.91 Å². The van der Waals surface area contributed by atoms with Gasteiger partial charge in [-0.15, -0.1) is 0 Å². The van der Waals surface area contributed by atoms with Crippen molar-refractivity contribution in [3.8, 4) is 0 Å². The molecule has 1 aromatic rings. The molecule has 0 aliphatic carbocycles. The number of amides is 1. The fourth-order valence-electron chi connectivity index (χ4n) is 1.51. The minimum absolute atomic E-state index is 0.0432. The first-order valence-electron chi connectivity index (χ1n) is 5.46. The van der Waals surface area contributed by atoms with Crippen molar-refractivity contribution in [1.29, 1.82) is 0 Å². The predicted octanol–water partition coefficient (Wildman–Crippen LogP) is 0.410. The number of aromatic nitrogens is 2. The van der Waals surface area contributed by atoms with Gasteiger partial charge in [-0.2, -0.15) is 5.10 Å². The monoisotopic (exact) mass is 224 g/mol. The van der Waals surface area contributed by atoms with E-state index in [1.165, 1.54) is 0 Å². The molecule has 1 amide bonds. The smallest absolute Gasteiger partial charge is 0.257 e. The van der Waals surface area contributed by atoms with Gasteiger partial charge in [0, 0.05) is 26.3 Å². The zero-order chi connectivity index (χ0) is 12.1. The highest BCUT2D eigenvalue weighted by Crippen LogP contribution is 2.08. The summed E-state index contributed by atoms with van der Waals surface area (Å²) in [6.45, 7) is 3.58. The van der Waals surface area contributed by atoms with Gasteiger partial charge in [0.1, 0.15) is 0 Å². The summed E-state index contributed by atoms with van der Waals surface area (Å²) in [6.07, 6.45) is 2.59. The molecule has 0 saturated carbocycles. The third-order valence-electron chi connectivity index (χ3n) is 2.73. The van der Waals surface area contributed by atoms with Crippen molar-refractivity contribution < 1.29 is 4.79 Å². The molecule has 5 heteroatoms. The number of rotatable bonds is 5. The molecule has 1 aromatic heterocycles. The number of carbonyl (C=O) groups is 1. The van der Waals surface area contributed by atoms with E-state index in [0.717, 1.165) is 25.2 Å². The normalized spacial score (nSPS) is 10.5. The molecule has 1 heterocycles. The largest absolute Gasteiger partial charge is 0.342 e. The third-order valence-corrected chi connectivity index (χ3v) is 2.73. The Kier molecular flexibility index (Phi) is 4.49. The fraction of sp³-hybridized carbons (Fsp3) is 0.636. The maximum absolute atomic E-state index is 12.0. The van der Waals surface area contributed by atoms with Gasteiger partial charge in [-0.05, 0) is 26.9 Å². The van der Waals surface area contributed by atoms with Gasteiger partial charge in [0.15, 0.2) is 0 Å². The Morgan fingerprint density at radius 3 is 2.81 bits per heavy atom. The van der Waals surface area contributed by atoms with Gasteiger partial charge in [0.25, 0.3) is 5.91 Å². The molecule has 0 bridgehead atoms. The molecule has 0 aliphatic rings. The highest BCUT2D eigenvalue weighted by atomic mass is 16.2. The van der Waals surface area contributed by atoms with Crippen molar-refractivity contribution in [2.45, 2.75) is 13.3 Å². The van der Waals surface area contributed by atoms with Crippen molar-refractivity contribution >= 4 is 5.91 Å². The molecule has 0 unspecified atom stereocenters. The van der Waals surface area contributed by atoms with Crippen LogP contribution in [0.25, 0.3) is 0 Å². The van der Waals surface area contributed by atoms with E-state index in [1.807, 2.05) is 28.1 Å². The van der Waals surface area contributed by atoms with Crippen molar-refractivity contribution in [2.24, 2.45) is 7.05 Å². The van der Waals surface area contributed by atoms with Crippen LogP contribution in [-0.4, -0.2) is 47.8 Å². The Balaban J connectivity index is 2.60. The number of nitrogens with zero attached hydrogens (tertiary/aromatic N) is 3. The number of carbonyl (C=O) groups excluding carboxylic acids is 1. The van der Waals surface area contributed by atoms with Gasteiger partial charge in [0.05, 0.1) is 11.8 Å². The van der Waals surface area contributed by atoms with Crippen LogP contribution in [0.15, 0.2) is 6.20 Å². The van der Waals surface area contributed by atoms with Crippen LogP contribution in [0.4, 0.5) is 0 Å². The highest BCUT2D eigenvalue weighted by Gasteiger charge is 2.16. The maximum atomic E-state index is 12.0. The average molecular weight is 224 g/mol. The van der Waals surface area contributed by atoms with Crippen LogP contribution in [0.5, 0.6) is 0 Å². The lowest BCUT2D eigenvalue weighted by molar-refractivity contribution is 0.0793. The summed E-state index contributed by atoms with van der Waals surface area (Å²) in [6, 6.07) is 0. The van der Waals surface area contributed by atoms with Crippen molar-refractivity contribution in [3.63, 3.8) is 0 Å². The zero-order valence-electron chi connectivity index (χ0n) is 10.4. The number of hydrogen-bond acceptors (Lipinski definition) is 3. The van der Waals surface area contributed by atoms with Crippen LogP contribution in [0.3, 0.4) is 0 Å². The minimum atomic E-state index is 0.0432. The predicted molar refractivity (Wildman–Crippen MR) is 63.4 cm³/mol. The molecule has 90 valence electrons. The Morgan fingerprint density at radius 1 is 1.62 bits per heavy atom.